The fraction of sp³-hybridized carbons (Fsp3) is 0.389. The van der Waals surface area contributed by atoms with Gasteiger partial charge in [-0.15, -0.1) is 0 Å². The molecule has 1 amide bonds. The van der Waals surface area contributed by atoms with Crippen LogP contribution in [0.5, 0.6) is 0 Å². The van der Waals surface area contributed by atoms with Crippen molar-refractivity contribution >= 4 is 22.6 Å². The van der Waals surface area contributed by atoms with Crippen LogP contribution in [0.25, 0.3) is 10.9 Å². The predicted molar refractivity (Wildman–Crippen MR) is 98.6 cm³/mol. The van der Waals surface area contributed by atoms with E-state index in [2.05, 4.69) is 20.1 Å². The summed E-state index contributed by atoms with van der Waals surface area (Å²) >= 11 is 0. The molecule has 3 aromatic rings. The molecule has 27 heavy (non-hydrogen) atoms. The number of nitrogens with zero attached hydrogens (tertiary/aromatic N) is 6. The Hall–Kier alpha value is -3.23. The fourth-order valence-electron chi connectivity index (χ4n) is 3.40. The molecule has 4 heterocycles. The molecule has 0 aromatic carbocycles. The lowest BCUT2D eigenvalue weighted by molar-refractivity contribution is -0.132. The highest BCUT2D eigenvalue weighted by atomic mass is 16.5. The van der Waals surface area contributed by atoms with E-state index in [-0.39, 0.29) is 18.0 Å². The lowest BCUT2D eigenvalue weighted by Gasteiger charge is -2.35. The van der Waals surface area contributed by atoms with E-state index in [4.69, 9.17) is 4.52 Å². The fourth-order valence-corrected chi connectivity index (χ4v) is 3.40. The topological polar surface area (TPSA) is 97.4 Å². The van der Waals surface area contributed by atoms with Crippen molar-refractivity contribution < 1.29 is 9.32 Å². The number of piperazine rings is 1. The summed E-state index contributed by atoms with van der Waals surface area (Å²) < 4.78 is 6.27. The molecule has 0 N–H and O–H groups in total. The van der Waals surface area contributed by atoms with E-state index in [9.17, 15) is 9.59 Å². The molecule has 1 fully saturated rings. The second kappa shape index (κ2) is 6.82. The van der Waals surface area contributed by atoms with Gasteiger partial charge in [0.1, 0.15) is 18.1 Å². The summed E-state index contributed by atoms with van der Waals surface area (Å²) in [6, 6.07) is 5.78. The molecular formula is C18H20N6O3. The summed E-state index contributed by atoms with van der Waals surface area (Å²) in [4.78, 5) is 33.4. The van der Waals surface area contributed by atoms with Gasteiger partial charge in [-0.3, -0.25) is 9.59 Å². The third kappa shape index (κ3) is 3.16. The van der Waals surface area contributed by atoms with Gasteiger partial charge in [0, 0.05) is 32.4 Å². The van der Waals surface area contributed by atoms with Gasteiger partial charge in [-0.2, -0.15) is 5.10 Å². The van der Waals surface area contributed by atoms with E-state index in [1.54, 1.807) is 24.9 Å². The van der Waals surface area contributed by atoms with Gasteiger partial charge in [0.25, 0.3) is 5.56 Å². The number of aryl methyl sites for hydroxylation is 2. The molecule has 140 valence electrons. The first-order valence-electron chi connectivity index (χ1n) is 8.82. The molecule has 0 spiro atoms. The van der Waals surface area contributed by atoms with Gasteiger partial charge in [-0.05, 0) is 26.0 Å². The number of hydrogen-bond acceptors (Lipinski definition) is 7. The summed E-state index contributed by atoms with van der Waals surface area (Å²) in [5.74, 6) is 1.32. The molecule has 4 rings (SSSR count). The smallest absolute Gasteiger partial charge is 0.297 e. The van der Waals surface area contributed by atoms with Gasteiger partial charge in [0.2, 0.25) is 5.91 Å². The third-order valence-corrected chi connectivity index (χ3v) is 4.82. The largest absolute Gasteiger partial charge is 0.360 e. The van der Waals surface area contributed by atoms with Crippen LogP contribution in [0.4, 0.5) is 5.82 Å². The molecule has 0 unspecified atom stereocenters. The van der Waals surface area contributed by atoms with Gasteiger partial charge >= 0.3 is 0 Å². The van der Waals surface area contributed by atoms with Crippen molar-refractivity contribution in [3.8, 4) is 0 Å². The van der Waals surface area contributed by atoms with Crippen LogP contribution in [-0.4, -0.2) is 56.9 Å². The number of aromatic nitrogens is 4. The number of anilines is 1. The maximum atomic E-state index is 12.7. The Kier molecular flexibility index (Phi) is 4.35. The van der Waals surface area contributed by atoms with E-state index >= 15 is 0 Å². The zero-order valence-electron chi connectivity index (χ0n) is 15.3. The SMILES string of the molecule is Cc1nn(CC(=O)N2CCN(c3ccccn3)CC2)c(=O)c2noc(C)c12. The number of carbonyl (C=O) groups excluding carboxylic acids is 1. The summed E-state index contributed by atoms with van der Waals surface area (Å²) in [5.41, 5.74) is 0.428. The lowest BCUT2D eigenvalue weighted by Crippen LogP contribution is -2.50. The molecule has 0 atom stereocenters. The third-order valence-electron chi connectivity index (χ3n) is 4.82. The standard InChI is InChI=1S/C18H20N6O3/c1-12-16-13(2)27-21-17(16)18(26)24(20-12)11-15(25)23-9-7-22(8-10-23)14-5-3-4-6-19-14/h3-6H,7-11H2,1-2H3. The highest BCUT2D eigenvalue weighted by Crippen LogP contribution is 2.17. The number of hydrogen-bond donors (Lipinski definition) is 0. The Labute approximate surface area is 155 Å². The summed E-state index contributed by atoms with van der Waals surface area (Å²) in [5, 5.41) is 8.70. The maximum absolute atomic E-state index is 12.7. The van der Waals surface area contributed by atoms with E-state index in [1.807, 2.05) is 18.2 Å². The molecule has 3 aromatic heterocycles. The average Bonchev–Trinajstić information content (AvgIpc) is 3.09. The quantitative estimate of drug-likeness (QED) is 0.673. The van der Waals surface area contributed by atoms with Crippen LogP contribution < -0.4 is 10.5 Å². The number of carbonyl (C=O) groups is 1. The van der Waals surface area contributed by atoms with E-state index in [1.165, 1.54) is 4.68 Å². The van der Waals surface area contributed by atoms with Crippen molar-refractivity contribution in [2.75, 3.05) is 31.1 Å². The van der Waals surface area contributed by atoms with Crippen molar-refractivity contribution in [1.82, 2.24) is 24.8 Å². The van der Waals surface area contributed by atoms with Gasteiger partial charge in [0.05, 0.1) is 11.1 Å². The molecule has 1 aliphatic rings. The van der Waals surface area contributed by atoms with Gasteiger partial charge in [-0.1, -0.05) is 11.2 Å². The van der Waals surface area contributed by atoms with E-state index in [0.717, 1.165) is 5.82 Å². The number of fused-ring (bicyclic) bond motifs is 1. The summed E-state index contributed by atoms with van der Waals surface area (Å²) in [6.07, 6.45) is 1.76. The highest BCUT2D eigenvalue weighted by Gasteiger charge is 2.23. The molecule has 0 bridgehead atoms. The van der Waals surface area contributed by atoms with Crippen LogP contribution in [0.15, 0.2) is 33.7 Å². The van der Waals surface area contributed by atoms with Gasteiger partial charge in [0.15, 0.2) is 5.52 Å². The molecule has 9 heteroatoms. The lowest BCUT2D eigenvalue weighted by atomic mass is 10.2. The van der Waals surface area contributed by atoms with Crippen molar-refractivity contribution in [1.29, 1.82) is 0 Å². The zero-order chi connectivity index (χ0) is 19.0. The Morgan fingerprint density at radius 3 is 2.67 bits per heavy atom. The normalized spacial score (nSPS) is 14.7. The molecule has 9 nitrogen and oxygen atoms in total. The van der Waals surface area contributed by atoms with E-state index in [0.29, 0.717) is 43.0 Å². The predicted octanol–water partition coefficient (Wildman–Crippen LogP) is 0.745. The first-order valence-corrected chi connectivity index (χ1v) is 8.82. The summed E-state index contributed by atoms with van der Waals surface area (Å²) in [6.45, 7) is 5.96. The van der Waals surface area contributed by atoms with Gasteiger partial charge < -0.3 is 14.3 Å². The second-order valence-corrected chi connectivity index (χ2v) is 6.57. The van der Waals surface area contributed by atoms with Crippen molar-refractivity contribution in [3.63, 3.8) is 0 Å². The first kappa shape index (κ1) is 17.2. The Morgan fingerprint density at radius 1 is 1.19 bits per heavy atom. The zero-order valence-corrected chi connectivity index (χ0v) is 15.3. The Balaban J connectivity index is 1.47. The number of pyridine rings is 1. The monoisotopic (exact) mass is 368 g/mol. The molecule has 1 aliphatic heterocycles. The minimum absolute atomic E-state index is 0.106. The Bertz CT molecular complexity index is 1030. The average molecular weight is 368 g/mol. The first-order chi connectivity index (χ1) is 13.0. The molecule has 0 radical (unpaired) electrons. The maximum Gasteiger partial charge on any atom is 0.297 e. The number of amides is 1. The minimum atomic E-state index is -0.409. The molecule has 1 saturated heterocycles. The van der Waals surface area contributed by atoms with Crippen LogP contribution >= 0.6 is 0 Å². The summed E-state index contributed by atoms with van der Waals surface area (Å²) in [7, 11) is 0. The van der Waals surface area contributed by atoms with Crippen LogP contribution in [0.2, 0.25) is 0 Å². The minimum Gasteiger partial charge on any atom is -0.360 e. The van der Waals surface area contributed by atoms with Crippen LogP contribution in [0.3, 0.4) is 0 Å². The van der Waals surface area contributed by atoms with Crippen LogP contribution in [0, 0.1) is 13.8 Å². The van der Waals surface area contributed by atoms with Crippen molar-refractivity contribution in [2.45, 2.75) is 20.4 Å². The molecule has 0 aliphatic carbocycles. The Morgan fingerprint density at radius 2 is 1.96 bits per heavy atom. The van der Waals surface area contributed by atoms with Gasteiger partial charge in [-0.25, -0.2) is 9.67 Å². The van der Waals surface area contributed by atoms with Crippen LogP contribution in [0.1, 0.15) is 11.5 Å². The van der Waals surface area contributed by atoms with Crippen molar-refractivity contribution in [2.24, 2.45) is 0 Å². The molecule has 0 saturated carbocycles. The second-order valence-electron chi connectivity index (χ2n) is 6.57. The van der Waals surface area contributed by atoms with E-state index < -0.39 is 5.56 Å². The molecular weight excluding hydrogens is 348 g/mol. The van der Waals surface area contributed by atoms with Crippen LogP contribution in [-0.2, 0) is 11.3 Å². The van der Waals surface area contributed by atoms with Crippen molar-refractivity contribution in [3.05, 3.63) is 46.2 Å². The highest BCUT2D eigenvalue weighted by molar-refractivity contribution is 5.82. The number of rotatable bonds is 3.